The molecule has 6 nitrogen and oxygen atoms in total. The first-order chi connectivity index (χ1) is 13.8. The van der Waals surface area contributed by atoms with Gasteiger partial charge in [-0.15, -0.1) is 0 Å². The van der Waals surface area contributed by atoms with E-state index >= 15 is 0 Å². The highest BCUT2D eigenvalue weighted by Gasteiger charge is 2.16. The van der Waals surface area contributed by atoms with E-state index in [1.165, 1.54) is 32.1 Å². The molecule has 28 heavy (non-hydrogen) atoms. The molecular weight excluding hydrogens is 352 g/mol. The maximum atomic E-state index is 12.4. The van der Waals surface area contributed by atoms with Crippen molar-refractivity contribution < 1.29 is 9.53 Å². The predicted octanol–water partition coefficient (Wildman–Crippen LogP) is 4.49. The van der Waals surface area contributed by atoms with Crippen molar-refractivity contribution in [3.63, 3.8) is 0 Å². The van der Waals surface area contributed by atoms with Crippen molar-refractivity contribution in [2.24, 2.45) is 5.92 Å². The van der Waals surface area contributed by atoms with E-state index in [1.54, 1.807) is 6.20 Å². The Hall–Kier alpha value is -2.89. The number of ether oxygens (including phenoxy) is 1. The first-order valence-corrected chi connectivity index (χ1v) is 10.1. The zero-order chi connectivity index (χ0) is 19.2. The van der Waals surface area contributed by atoms with Gasteiger partial charge in [0.2, 0.25) is 5.91 Å². The number of fused-ring (bicyclic) bond motifs is 1. The highest BCUT2D eigenvalue weighted by Crippen LogP contribution is 2.27. The molecular formula is C22H26N4O2. The van der Waals surface area contributed by atoms with Crippen molar-refractivity contribution in [1.29, 1.82) is 0 Å². The Labute approximate surface area is 164 Å². The Morgan fingerprint density at radius 1 is 1.14 bits per heavy atom. The minimum Gasteiger partial charge on any atom is -0.489 e. The molecule has 0 radical (unpaired) electrons. The third-order valence-electron chi connectivity index (χ3n) is 5.26. The number of aryl methyl sites for hydroxylation is 1. The van der Waals surface area contributed by atoms with Crippen LogP contribution in [0.4, 0.5) is 5.82 Å². The van der Waals surface area contributed by atoms with Crippen LogP contribution in [0.5, 0.6) is 5.75 Å². The Balaban J connectivity index is 1.32. The van der Waals surface area contributed by atoms with Crippen LogP contribution in [0.2, 0.25) is 0 Å². The summed E-state index contributed by atoms with van der Waals surface area (Å²) in [7, 11) is 0. The average Bonchev–Trinajstić information content (AvgIpc) is 3.15. The van der Waals surface area contributed by atoms with Gasteiger partial charge >= 0.3 is 0 Å². The molecule has 2 N–H and O–H groups in total. The van der Waals surface area contributed by atoms with Crippen molar-refractivity contribution in [3.8, 4) is 5.75 Å². The summed E-state index contributed by atoms with van der Waals surface area (Å²) in [6.45, 7) is 0.688. The van der Waals surface area contributed by atoms with Crippen molar-refractivity contribution in [3.05, 3.63) is 48.4 Å². The van der Waals surface area contributed by atoms with E-state index in [4.69, 9.17) is 4.74 Å². The number of amides is 1. The van der Waals surface area contributed by atoms with Crippen LogP contribution in [-0.2, 0) is 11.2 Å². The quantitative estimate of drug-likeness (QED) is 0.635. The van der Waals surface area contributed by atoms with Gasteiger partial charge < -0.3 is 15.0 Å². The second-order valence-corrected chi connectivity index (χ2v) is 7.41. The predicted molar refractivity (Wildman–Crippen MR) is 109 cm³/mol. The van der Waals surface area contributed by atoms with E-state index < -0.39 is 0 Å². The van der Waals surface area contributed by atoms with E-state index in [0.717, 1.165) is 16.9 Å². The van der Waals surface area contributed by atoms with E-state index in [1.807, 2.05) is 36.4 Å². The molecule has 6 heteroatoms. The first kappa shape index (κ1) is 18.5. The number of hydrogen-bond donors (Lipinski definition) is 2. The summed E-state index contributed by atoms with van der Waals surface area (Å²) >= 11 is 0. The molecule has 0 unspecified atom stereocenters. The van der Waals surface area contributed by atoms with Crippen LogP contribution in [0, 0.1) is 5.92 Å². The van der Waals surface area contributed by atoms with Crippen LogP contribution < -0.4 is 10.1 Å². The van der Waals surface area contributed by atoms with Crippen molar-refractivity contribution in [2.75, 3.05) is 11.9 Å². The normalized spacial score (nSPS) is 14.9. The molecule has 0 bridgehead atoms. The summed E-state index contributed by atoms with van der Waals surface area (Å²) in [6, 6.07) is 11.6. The van der Waals surface area contributed by atoms with Gasteiger partial charge in [0.25, 0.3) is 0 Å². The van der Waals surface area contributed by atoms with E-state index in [2.05, 4.69) is 20.3 Å². The fourth-order valence-electron chi connectivity index (χ4n) is 3.71. The van der Waals surface area contributed by atoms with Crippen molar-refractivity contribution >= 4 is 22.8 Å². The Kier molecular flexibility index (Phi) is 5.85. The number of aromatic nitrogens is 3. The number of para-hydroxylation sites is 2. The minimum atomic E-state index is -0.0957. The highest BCUT2D eigenvalue weighted by molar-refractivity contribution is 5.91. The van der Waals surface area contributed by atoms with Gasteiger partial charge in [-0.1, -0.05) is 31.4 Å². The van der Waals surface area contributed by atoms with Gasteiger partial charge in [-0.05, 0) is 43.0 Å². The van der Waals surface area contributed by atoms with Crippen LogP contribution in [0.15, 0.2) is 42.6 Å². The number of anilines is 1. The lowest BCUT2D eigenvalue weighted by atomic mass is 9.90. The van der Waals surface area contributed by atoms with Gasteiger partial charge in [-0.3, -0.25) is 4.79 Å². The number of pyridine rings is 1. The minimum absolute atomic E-state index is 0.0957. The smallest absolute Gasteiger partial charge is 0.226 e. The topological polar surface area (TPSA) is 79.9 Å². The second kappa shape index (κ2) is 8.87. The number of carbonyl (C=O) groups excluding carboxylic acids is 1. The molecule has 0 atom stereocenters. The molecule has 1 fully saturated rings. The van der Waals surface area contributed by atoms with Gasteiger partial charge in [0, 0.05) is 19.0 Å². The summed E-state index contributed by atoms with van der Waals surface area (Å²) in [6.07, 6.45) is 8.89. The molecule has 3 aromatic rings. The van der Waals surface area contributed by atoms with Crippen LogP contribution >= 0.6 is 0 Å². The average molecular weight is 378 g/mol. The number of imidazole rings is 1. The second-order valence-electron chi connectivity index (χ2n) is 7.41. The standard InChI is InChI=1S/C22H26N4O2/c27-21(13-12-20-24-17-9-4-5-10-18(17)25-20)26-22-19(11-6-14-23-22)28-15-16-7-2-1-3-8-16/h4-6,9-11,14,16H,1-3,7-8,12-13,15H2,(H,24,25)(H,23,26,27). The molecule has 0 aliphatic heterocycles. The van der Waals surface area contributed by atoms with Crippen molar-refractivity contribution in [1.82, 2.24) is 15.0 Å². The molecule has 1 saturated carbocycles. The van der Waals surface area contributed by atoms with Gasteiger partial charge in [0.15, 0.2) is 11.6 Å². The SMILES string of the molecule is O=C(CCc1nc2ccccc2[nH]1)Nc1ncccc1OCC1CCCCC1. The largest absolute Gasteiger partial charge is 0.489 e. The maximum absolute atomic E-state index is 12.4. The zero-order valence-corrected chi connectivity index (χ0v) is 16.0. The van der Waals surface area contributed by atoms with Gasteiger partial charge in [-0.2, -0.15) is 0 Å². The molecule has 1 aliphatic rings. The summed E-state index contributed by atoms with van der Waals surface area (Å²) in [5.41, 5.74) is 1.90. The third-order valence-corrected chi connectivity index (χ3v) is 5.26. The Morgan fingerprint density at radius 2 is 2.00 bits per heavy atom. The number of carbonyl (C=O) groups is 1. The number of H-pyrrole nitrogens is 1. The Morgan fingerprint density at radius 3 is 2.86 bits per heavy atom. The summed E-state index contributed by atoms with van der Waals surface area (Å²) in [5.74, 6) is 2.46. The molecule has 4 rings (SSSR count). The van der Waals surface area contributed by atoms with Gasteiger partial charge in [0.1, 0.15) is 5.82 Å². The van der Waals surface area contributed by atoms with Gasteiger partial charge in [-0.25, -0.2) is 9.97 Å². The monoisotopic (exact) mass is 378 g/mol. The molecule has 146 valence electrons. The fourth-order valence-corrected chi connectivity index (χ4v) is 3.71. The number of aromatic amines is 1. The molecule has 2 aromatic heterocycles. The third kappa shape index (κ3) is 4.68. The zero-order valence-electron chi connectivity index (χ0n) is 16.0. The molecule has 0 saturated heterocycles. The van der Waals surface area contributed by atoms with E-state index in [0.29, 0.717) is 36.9 Å². The maximum Gasteiger partial charge on any atom is 0.226 e. The van der Waals surface area contributed by atoms with E-state index in [9.17, 15) is 4.79 Å². The molecule has 1 amide bonds. The van der Waals surface area contributed by atoms with Crippen LogP contribution in [-0.4, -0.2) is 27.5 Å². The number of nitrogens with one attached hydrogen (secondary N) is 2. The first-order valence-electron chi connectivity index (χ1n) is 10.1. The molecule has 2 heterocycles. The lowest BCUT2D eigenvalue weighted by molar-refractivity contribution is -0.116. The van der Waals surface area contributed by atoms with Gasteiger partial charge in [0.05, 0.1) is 17.6 Å². The van der Waals surface area contributed by atoms with Crippen LogP contribution in [0.25, 0.3) is 11.0 Å². The molecule has 1 aromatic carbocycles. The molecule has 1 aliphatic carbocycles. The van der Waals surface area contributed by atoms with Crippen molar-refractivity contribution in [2.45, 2.75) is 44.9 Å². The lowest BCUT2D eigenvalue weighted by Crippen LogP contribution is -2.18. The number of rotatable bonds is 7. The molecule has 0 spiro atoms. The van der Waals surface area contributed by atoms with E-state index in [-0.39, 0.29) is 5.91 Å². The van der Waals surface area contributed by atoms with Crippen LogP contribution in [0.1, 0.15) is 44.3 Å². The lowest BCUT2D eigenvalue weighted by Gasteiger charge is -2.22. The number of hydrogen-bond acceptors (Lipinski definition) is 4. The summed E-state index contributed by atoms with van der Waals surface area (Å²) in [4.78, 5) is 24.5. The summed E-state index contributed by atoms with van der Waals surface area (Å²) in [5, 5.41) is 2.89. The highest BCUT2D eigenvalue weighted by atomic mass is 16.5. The number of nitrogens with zero attached hydrogens (tertiary/aromatic N) is 2. The van der Waals surface area contributed by atoms with Crippen LogP contribution in [0.3, 0.4) is 0 Å². The number of benzene rings is 1. The summed E-state index contributed by atoms with van der Waals surface area (Å²) < 4.78 is 5.98. The fraction of sp³-hybridized carbons (Fsp3) is 0.409. The Bertz CT molecular complexity index is 898.